The fourth-order valence-corrected chi connectivity index (χ4v) is 5.75. The van der Waals surface area contributed by atoms with Crippen molar-refractivity contribution in [3.8, 4) is 5.75 Å². The van der Waals surface area contributed by atoms with Crippen molar-refractivity contribution < 1.29 is 14.6 Å². The summed E-state index contributed by atoms with van der Waals surface area (Å²) in [7, 11) is 3.53. The number of nitrogens with zero attached hydrogens (tertiary/aromatic N) is 3. The number of aliphatic hydroxyl groups is 1. The number of fused-ring (bicyclic) bond motifs is 2. The number of aromatic nitrogens is 1. The molecule has 0 bridgehead atoms. The number of β-amino-alcohol motifs (C(OH)–C–C–N with tert-alkyl or cyclic N) is 1. The monoisotopic (exact) mass is 513 g/mol. The van der Waals surface area contributed by atoms with Crippen LogP contribution < -0.4 is 4.74 Å². The molecule has 3 aromatic carbocycles. The quantitative estimate of drug-likeness (QED) is 0.329. The Morgan fingerprint density at radius 3 is 2.45 bits per heavy atom. The molecule has 1 unspecified atom stereocenters. The third-order valence-electron chi connectivity index (χ3n) is 7.72. The highest BCUT2D eigenvalue weighted by Gasteiger charge is 2.24. The highest BCUT2D eigenvalue weighted by molar-refractivity contribution is 6.00. The zero-order valence-electron chi connectivity index (χ0n) is 22.9. The smallest absolute Gasteiger partial charge is 0.270 e. The number of piperidine rings is 1. The summed E-state index contributed by atoms with van der Waals surface area (Å²) < 4.78 is 8.18. The molecule has 6 nitrogen and oxygen atoms in total. The number of aliphatic hydroxyl groups excluding tert-OH is 1. The average molecular weight is 514 g/mol. The molecule has 2 heterocycles. The van der Waals surface area contributed by atoms with Gasteiger partial charge < -0.3 is 24.2 Å². The van der Waals surface area contributed by atoms with Crippen LogP contribution in [0.25, 0.3) is 21.7 Å². The lowest BCUT2D eigenvalue weighted by Gasteiger charge is -2.33. The second kappa shape index (κ2) is 11.2. The van der Waals surface area contributed by atoms with Crippen LogP contribution in [0.4, 0.5) is 0 Å². The minimum Gasteiger partial charge on any atom is -0.490 e. The van der Waals surface area contributed by atoms with Crippen LogP contribution in [0.3, 0.4) is 0 Å². The Hall–Kier alpha value is -3.35. The largest absolute Gasteiger partial charge is 0.490 e. The number of benzene rings is 3. The number of carbonyl (C=O) groups is 1. The third kappa shape index (κ3) is 5.42. The molecule has 1 N–H and O–H groups in total. The molecule has 0 spiro atoms. The van der Waals surface area contributed by atoms with E-state index in [4.69, 9.17) is 4.74 Å². The van der Waals surface area contributed by atoms with Gasteiger partial charge in [0.05, 0.1) is 5.52 Å². The number of carbonyl (C=O) groups excluding carboxylic acids is 1. The number of rotatable bonds is 8. The van der Waals surface area contributed by atoms with E-state index in [0.717, 1.165) is 36.8 Å². The molecule has 1 aliphatic heterocycles. The van der Waals surface area contributed by atoms with Crippen LogP contribution in [0, 0.1) is 0 Å². The Labute approximate surface area is 225 Å². The van der Waals surface area contributed by atoms with Crippen molar-refractivity contribution in [1.29, 1.82) is 0 Å². The van der Waals surface area contributed by atoms with Gasteiger partial charge in [-0.05, 0) is 80.2 Å². The van der Waals surface area contributed by atoms with Gasteiger partial charge in [0.2, 0.25) is 0 Å². The predicted molar refractivity (Wildman–Crippen MR) is 154 cm³/mol. The summed E-state index contributed by atoms with van der Waals surface area (Å²) in [5.74, 6) is 1.22. The summed E-state index contributed by atoms with van der Waals surface area (Å²) in [6, 6.07) is 23.3. The first-order valence-corrected chi connectivity index (χ1v) is 13.7. The van der Waals surface area contributed by atoms with Crippen molar-refractivity contribution in [2.75, 3.05) is 40.3 Å². The molecule has 1 fully saturated rings. The third-order valence-corrected chi connectivity index (χ3v) is 7.72. The van der Waals surface area contributed by atoms with E-state index in [2.05, 4.69) is 65.8 Å². The van der Waals surface area contributed by atoms with Gasteiger partial charge in [-0.1, -0.05) is 48.5 Å². The second-order valence-corrected chi connectivity index (χ2v) is 11.0. The number of ether oxygens (including phenoxy) is 1. The van der Waals surface area contributed by atoms with Gasteiger partial charge in [0.25, 0.3) is 5.91 Å². The van der Waals surface area contributed by atoms with Crippen LogP contribution in [-0.2, 0) is 0 Å². The SMILES string of the molecule is CC(C)n1c(C(=O)N(C)C)cc2c(OCC(O)CN3CCC(c4ccc5ccccc5c4)CC3)cccc21. The molecule has 4 aromatic rings. The van der Waals surface area contributed by atoms with E-state index in [0.29, 0.717) is 23.9 Å². The standard InChI is InChI=1S/C32H39N3O3/c1-22(2)35-29-10-7-11-31(28(29)19-30(35)32(37)33(3)4)38-21-27(36)20-34-16-14-24(15-17-34)26-13-12-23-8-5-6-9-25(23)18-26/h5-13,18-19,22,24,27,36H,14-17,20-21H2,1-4H3. The Kier molecular flexibility index (Phi) is 7.73. The minimum atomic E-state index is -0.586. The number of likely N-dealkylation sites (tertiary alicyclic amines) is 1. The lowest BCUT2D eigenvalue weighted by molar-refractivity contribution is 0.0599. The molecule has 0 saturated carbocycles. The number of hydrogen-bond donors (Lipinski definition) is 1. The van der Waals surface area contributed by atoms with Crippen LogP contribution in [0.1, 0.15) is 54.7 Å². The minimum absolute atomic E-state index is 0.0343. The molecule has 1 saturated heterocycles. The van der Waals surface area contributed by atoms with Crippen molar-refractivity contribution >= 4 is 27.6 Å². The summed E-state index contributed by atoms with van der Waals surface area (Å²) >= 11 is 0. The van der Waals surface area contributed by atoms with Crippen molar-refractivity contribution in [2.24, 2.45) is 0 Å². The molecule has 200 valence electrons. The van der Waals surface area contributed by atoms with E-state index in [1.54, 1.807) is 19.0 Å². The average Bonchev–Trinajstić information content (AvgIpc) is 3.32. The molecule has 38 heavy (non-hydrogen) atoms. The first-order valence-electron chi connectivity index (χ1n) is 13.7. The lowest BCUT2D eigenvalue weighted by atomic mass is 9.88. The summed E-state index contributed by atoms with van der Waals surface area (Å²) in [6.07, 6.45) is 1.60. The number of hydrogen-bond acceptors (Lipinski definition) is 4. The maximum absolute atomic E-state index is 12.8. The summed E-state index contributed by atoms with van der Waals surface area (Å²) in [6.45, 7) is 6.90. The van der Waals surface area contributed by atoms with E-state index in [9.17, 15) is 9.90 Å². The first-order chi connectivity index (χ1) is 18.3. The van der Waals surface area contributed by atoms with Gasteiger partial charge in [0, 0.05) is 32.1 Å². The fraction of sp³-hybridized carbons (Fsp3) is 0.406. The Bertz CT molecular complexity index is 1420. The predicted octanol–water partition coefficient (Wildman–Crippen LogP) is 5.70. The lowest BCUT2D eigenvalue weighted by Crippen LogP contribution is -2.40. The fourth-order valence-electron chi connectivity index (χ4n) is 5.75. The van der Waals surface area contributed by atoms with Crippen LogP contribution >= 0.6 is 0 Å². The second-order valence-electron chi connectivity index (χ2n) is 11.0. The van der Waals surface area contributed by atoms with E-state index in [1.165, 1.54) is 16.3 Å². The van der Waals surface area contributed by atoms with Gasteiger partial charge in [-0.2, -0.15) is 0 Å². The molecular weight excluding hydrogens is 474 g/mol. The van der Waals surface area contributed by atoms with E-state index in [-0.39, 0.29) is 18.6 Å². The zero-order valence-corrected chi connectivity index (χ0v) is 22.9. The maximum atomic E-state index is 12.8. The highest BCUT2D eigenvalue weighted by atomic mass is 16.5. The molecular formula is C32H39N3O3. The van der Waals surface area contributed by atoms with Gasteiger partial charge in [-0.3, -0.25) is 4.79 Å². The Balaban J connectivity index is 1.19. The normalized spacial score (nSPS) is 15.8. The van der Waals surface area contributed by atoms with E-state index < -0.39 is 6.10 Å². The summed E-state index contributed by atoms with van der Waals surface area (Å²) in [5, 5.41) is 14.3. The Morgan fingerprint density at radius 2 is 1.74 bits per heavy atom. The van der Waals surface area contributed by atoms with Gasteiger partial charge >= 0.3 is 0 Å². The van der Waals surface area contributed by atoms with Crippen molar-refractivity contribution in [3.63, 3.8) is 0 Å². The highest BCUT2D eigenvalue weighted by Crippen LogP contribution is 2.33. The number of amides is 1. The van der Waals surface area contributed by atoms with Crippen molar-refractivity contribution in [3.05, 3.63) is 78.0 Å². The first kappa shape index (κ1) is 26.3. The Morgan fingerprint density at radius 1 is 1.00 bits per heavy atom. The zero-order chi connectivity index (χ0) is 26.8. The summed E-state index contributed by atoms with van der Waals surface area (Å²) in [5.41, 5.74) is 3.03. The van der Waals surface area contributed by atoms with Crippen LogP contribution in [0.5, 0.6) is 5.75 Å². The van der Waals surface area contributed by atoms with Gasteiger partial charge in [0.15, 0.2) is 0 Å². The van der Waals surface area contributed by atoms with Gasteiger partial charge in [0.1, 0.15) is 24.2 Å². The molecule has 5 rings (SSSR count). The maximum Gasteiger partial charge on any atom is 0.270 e. The van der Waals surface area contributed by atoms with Crippen molar-refractivity contribution in [2.45, 2.75) is 44.8 Å². The van der Waals surface area contributed by atoms with Crippen LogP contribution in [-0.4, -0.2) is 71.8 Å². The topological polar surface area (TPSA) is 57.9 Å². The van der Waals surface area contributed by atoms with E-state index >= 15 is 0 Å². The molecule has 1 amide bonds. The van der Waals surface area contributed by atoms with E-state index in [1.807, 2.05) is 24.3 Å². The van der Waals surface area contributed by atoms with Crippen LogP contribution in [0.2, 0.25) is 0 Å². The molecule has 1 aliphatic rings. The molecule has 0 aliphatic carbocycles. The molecule has 1 atom stereocenters. The van der Waals surface area contributed by atoms with Gasteiger partial charge in [-0.15, -0.1) is 0 Å². The molecule has 1 aromatic heterocycles. The molecule has 6 heteroatoms. The molecule has 0 radical (unpaired) electrons. The summed E-state index contributed by atoms with van der Waals surface area (Å²) in [4.78, 5) is 16.8. The van der Waals surface area contributed by atoms with Crippen LogP contribution in [0.15, 0.2) is 66.7 Å². The van der Waals surface area contributed by atoms with Crippen molar-refractivity contribution in [1.82, 2.24) is 14.4 Å². The van der Waals surface area contributed by atoms with Gasteiger partial charge in [-0.25, -0.2) is 0 Å².